The van der Waals surface area contributed by atoms with Crippen molar-refractivity contribution in [3.05, 3.63) is 57.8 Å². The monoisotopic (exact) mass is 382 g/mol. The third-order valence-corrected chi connectivity index (χ3v) is 4.16. The van der Waals surface area contributed by atoms with Gasteiger partial charge in [0.05, 0.1) is 5.02 Å². The molecule has 4 nitrogen and oxygen atoms in total. The number of halogens is 3. The summed E-state index contributed by atoms with van der Waals surface area (Å²) in [5, 5.41) is 3.21. The van der Waals surface area contributed by atoms with Gasteiger partial charge in [0.25, 0.3) is 0 Å². The number of hydrogen-bond donors (Lipinski definition) is 1. The van der Waals surface area contributed by atoms with E-state index in [1.54, 1.807) is 18.2 Å². The summed E-state index contributed by atoms with van der Waals surface area (Å²) < 4.78 is 13.3. The summed E-state index contributed by atoms with van der Waals surface area (Å²) in [5.74, 6) is -1.10. The van der Waals surface area contributed by atoms with E-state index >= 15 is 0 Å². The zero-order valence-corrected chi connectivity index (χ0v) is 15.3. The summed E-state index contributed by atoms with van der Waals surface area (Å²) in [6, 6.07) is 9.20. The molecule has 0 spiro atoms. The van der Waals surface area contributed by atoms with E-state index in [0.29, 0.717) is 16.4 Å². The molecule has 1 N–H and O–H groups in total. The normalized spacial score (nSPS) is 10.4. The Bertz CT molecular complexity index is 812. The summed E-state index contributed by atoms with van der Waals surface area (Å²) >= 11 is 11.7. The quantitative estimate of drug-likeness (QED) is 0.805. The van der Waals surface area contributed by atoms with Crippen molar-refractivity contribution in [2.75, 3.05) is 16.8 Å². The Morgan fingerprint density at radius 1 is 1.16 bits per heavy atom. The van der Waals surface area contributed by atoms with Crippen LogP contribution in [0.5, 0.6) is 0 Å². The second kappa shape index (κ2) is 8.32. The number of carbonyl (C=O) groups is 2. The topological polar surface area (TPSA) is 49.4 Å². The van der Waals surface area contributed by atoms with Crippen LogP contribution in [0.25, 0.3) is 0 Å². The van der Waals surface area contributed by atoms with E-state index in [2.05, 4.69) is 5.32 Å². The molecule has 2 aromatic carbocycles. The fourth-order valence-corrected chi connectivity index (χ4v) is 2.62. The molecule has 2 rings (SSSR count). The Kier molecular flexibility index (Phi) is 6.39. The zero-order valence-electron chi connectivity index (χ0n) is 13.8. The summed E-state index contributed by atoms with van der Waals surface area (Å²) in [7, 11) is 0. The van der Waals surface area contributed by atoms with Crippen LogP contribution in [0.2, 0.25) is 10.0 Å². The van der Waals surface area contributed by atoms with Gasteiger partial charge in [-0.05, 0) is 42.8 Å². The molecule has 0 saturated carbocycles. The van der Waals surface area contributed by atoms with Crippen molar-refractivity contribution in [2.24, 2.45) is 0 Å². The van der Waals surface area contributed by atoms with Gasteiger partial charge in [0.15, 0.2) is 0 Å². The molecule has 2 amide bonds. The van der Waals surface area contributed by atoms with E-state index < -0.39 is 5.82 Å². The second-order valence-electron chi connectivity index (χ2n) is 5.53. The molecule has 0 aliphatic carbocycles. The van der Waals surface area contributed by atoms with Gasteiger partial charge in [-0.2, -0.15) is 0 Å². The average Bonchev–Trinajstić information content (AvgIpc) is 2.54. The fraction of sp³-hybridized carbons (Fsp3) is 0.222. The van der Waals surface area contributed by atoms with Crippen molar-refractivity contribution in [2.45, 2.75) is 20.3 Å². The Hall–Kier alpha value is -2.11. The summed E-state index contributed by atoms with van der Waals surface area (Å²) in [5.41, 5.74) is 1.94. The lowest BCUT2D eigenvalue weighted by Gasteiger charge is -2.21. The van der Waals surface area contributed by atoms with Gasteiger partial charge in [0, 0.05) is 36.3 Å². The highest BCUT2D eigenvalue weighted by atomic mass is 35.5. The lowest BCUT2D eigenvalue weighted by molar-refractivity contribution is -0.117. The minimum absolute atomic E-state index is 0.0700. The van der Waals surface area contributed by atoms with E-state index in [4.69, 9.17) is 23.2 Å². The third-order valence-electron chi connectivity index (χ3n) is 3.63. The molecule has 0 atom stereocenters. The summed E-state index contributed by atoms with van der Waals surface area (Å²) in [4.78, 5) is 25.4. The maximum atomic E-state index is 13.3. The number of nitrogens with one attached hydrogen (secondary N) is 1. The first-order valence-corrected chi connectivity index (χ1v) is 8.32. The van der Waals surface area contributed by atoms with Crippen LogP contribution < -0.4 is 10.2 Å². The molecule has 7 heteroatoms. The van der Waals surface area contributed by atoms with Crippen LogP contribution in [0.1, 0.15) is 18.9 Å². The molecule has 0 bridgehead atoms. The first-order valence-electron chi connectivity index (χ1n) is 7.57. The number of benzene rings is 2. The highest BCUT2D eigenvalue weighted by Crippen LogP contribution is 2.24. The van der Waals surface area contributed by atoms with Gasteiger partial charge in [-0.15, -0.1) is 0 Å². The van der Waals surface area contributed by atoms with Crippen LogP contribution in [-0.2, 0) is 9.59 Å². The minimum Gasteiger partial charge on any atom is -0.326 e. The van der Waals surface area contributed by atoms with Gasteiger partial charge >= 0.3 is 0 Å². The second-order valence-corrected chi connectivity index (χ2v) is 6.37. The van der Waals surface area contributed by atoms with Crippen LogP contribution in [-0.4, -0.2) is 18.4 Å². The maximum Gasteiger partial charge on any atom is 0.226 e. The molecular weight excluding hydrogens is 366 g/mol. The first-order chi connectivity index (χ1) is 11.8. The van der Waals surface area contributed by atoms with Crippen molar-refractivity contribution >= 4 is 46.4 Å². The van der Waals surface area contributed by atoms with Crippen molar-refractivity contribution in [3.63, 3.8) is 0 Å². The smallest absolute Gasteiger partial charge is 0.226 e. The predicted octanol–water partition coefficient (Wildman–Crippen LogP) is 4.82. The summed E-state index contributed by atoms with van der Waals surface area (Å²) in [6.07, 6.45) is 0.0700. The molecule has 0 aliphatic rings. The first kappa shape index (κ1) is 19.2. The molecule has 0 fully saturated rings. The molecule has 25 heavy (non-hydrogen) atoms. The molecule has 132 valence electrons. The molecular formula is C18H17Cl2FN2O2. The van der Waals surface area contributed by atoms with Crippen LogP contribution in [0, 0.1) is 12.7 Å². The van der Waals surface area contributed by atoms with Crippen molar-refractivity contribution in [3.8, 4) is 0 Å². The number of aryl methyl sites for hydroxylation is 1. The standard InChI is InChI=1S/C18H17Cl2FN2O2/c1-11-3-4-13(19)9-17(11)22-18(25)7-8-23(12(2)24)14-5-6-16(21)15(20)10-14/h3-6,9-10H,7-8H2,1-2H3,(H,22,25). The van der Waals surface area contributed by atoms with Crippen LogP contribution in [0.15, 0.2) is 36.4 Å². The number of amides is 2. The Labute approximate surface area is 155 Å². The Balaban J connectivity index is 2.05. The van der Waals surface area contributed by atoms with Gasteiger partial charge < -0.3 is 10.2 Å². The lowest BCUT2D eigenvalue weighted by Crippen LogP contribution is -2.32. The van der Waals surface area contributed by atoms with E-state index in [1.165, 1.54) is 30.0 Å². The largest absolute Gasteiger partial charge is 0.326 e. The number of rotatable bonds is 5. The van der Waals surface area contributed by atoms with Gasteiger partial charge in [-0.3, -0.25) is 9.59 Å². The molecule has 0 saturated heterocycles. The number of anilines is 2. The molecule has 0 heterocycles. The summed E-state index contributed by atoms with van der Waals surface area (Å²) in [6.45, 7) is 3.37. The van der Waals surface area contributed by atoms with E-state index in [0.717, 1.165) is 5.56 Å². The fourth-order valence-electron chi connectivity index (χ4n) is 2.28. The van der Waals surface area contributed by atoms with Crippen LogP contribution >= 0.6 is 23.2 Å². The highest BCUT2D eigenvalue weighted by molar-refractivity contribution is 6.31. The van der Waals surface area contributed by atoms with Gasteiger partial charge in [0.2, 0.25) is 11.8 Å². The third kappa shape index (κ3) is 5.18. The van der Waals surface area contributed by atoms with Gasteiger partial charge in [-0.25, -0.2) is 4.39 Å². The maximum absolute atomic E-state index is 13.3. The van der Waals surface area contributed by atoms with E-state index in [9.17, 15) is 14.0 Å². The SMILES string of the molecule is CC(=O)N(CCC(=O)Nc1cc(Cl)ccc1C)c1ccc(F)c(Cl)c1. The van der Waals surface area contributed by atoms with E-state index in [1.807, 2.05) is 6.92 Å². The molecule has 0 aromatic heterocycles. The zero-order chi connectivity index (χ0) is 18.6. The van der Waals surface area contributed by atoms with E-state index in [-0.39, 0.29) is 29.8 Å². The number of carbonyl (C=O) groups excluding carboxylic acids is 2. The Morgan fingerprint density at radius 2 is 1.88 bits per heavy atom. The Morgan fingerprint density at radius 3 is 2.52 bits per heavy atom. The van der Waals surface area contributed by atoms with Crippen LogP contribution in [0.3, 0.4) is 0 Å². The minimum atomic E-state index is -0.567. The van der Waals surface area contributed by atoms with Gasteiger partial charge in [-0.1, -0.05) is 29.3 Å². The molecule has 0 unspecified atom stereocenters. The predicted molar refractivity (Wildman–Crippen MR) is 98.9 cm³/mol. The average molecular weight is 383 g/mol. The number of hydrogen-bond acceptors (Lipinski definition) is 2. The van der Waals surface area contributed by atoms with Crippen LogP contribution in [0.4, 0.5) is 15.8 Å². The lowest BCUT2D eigenvalue weighted by atomic mass is 10.2. The number of nitrogens with zero attached hydrogens (tertiary/aromatic N) is 1. The van der Waals surface area contributed by atoms with Crippen molar-refractivity contribution in [1.82, 2.24) is 0 Å². The van der Waals surface area contributed by atoms with Crippen molar-refractivity contribution < 1.29 is 14.0 Å². The molecule has 0 aliphatic heterocycles. The molecule has 2 aromatic rings. The van der Waals surface area contributed by atoms with Gasteiger partial charge in [0.1, 0.15) is 5.82 Å². The highest BCUT2D eigenvalue weighted by Gasteiger charge is 2.15. The molecule has 0 radical (unpaired) electrons. The van der Waals surface area contributed by atoms with Crippen molar-refractivity contribution in [1.29, 1.82) is 0 Å².